The summed E-state index contributed by atoms with van der Waals surface area (Å²) in [4.78, 5) is 0. The minimum Gasteiger partial charge on any atom is -0.309 e. The monoisotopic (exact) mass is 571 g/mol. The molecular weight excluding hydrogens is 546 g/mol. The van der Waals surface area contributed by atoms with E-state index in [-0.39, 0.29) is 0 Å². The zero-order chi connectivity index (χ0) is 29.2. The normalized spacial score (nSPS) is 12.4. The number of hydrogen-bond donors (Lipinski definition) is 0. The summed E-state index contributed by atoms with van der Waals surface area (Å²) in [5.41, 5.74) is 11.1. The van der Waals surface area contributed by atoms with Gasteiger partial charge in [-0.15, -0.1) is 0 Å². The molecule has 0 N–H and O–H groups in total. The molecule has 11 rings (SSSR count). The molecule has 4 heterocycles. The fourth-order valence-electron chi connectivity index (χ4n) is 8.21. The average molecular weight is 572 g/mol. The van der Waals surface area contributed by atoms with Crippen LogP contribution in [0.5, 0.6) is 0 Å². The van der Waals surface area contributed by atoms with Gasteiger partial charge >= 0.3 is 0 Å². The maximum atomic E-state index is 2.48. The van der Waals surface area contributed by atoms with Crippen molar-refractivity contribution < 1.29 is 0 Å². The van der Waals surface area contributed by atoms with Crippen LogP contribution in [0.1, 0.15) is 0 Å². The van der Waals surface area contributed by atoms with E-state index in [1.807, 2.05) is 0 Å². The van der Waals surface area contributed by atoms with Crippen molar-refractivity contribution in [2.45, 2.75) is 0 Å². The molecular formula is C42H25N3. The highest BCUT2D eigenvalue weighted by atomic mass is 15.0. The first-order valence-corrected chi connectivity index (χ1v) is 15.5. The van der Waals surface area contributed by atoms with E-state index in [2.05, 4.69) is 165 Å². The third kappa shape index (κ3) is 2.86. The lowest BCUT2D eigenvalue weighted by molar-refractivity contribution is 1.17. The number of rotatable bonds is 2. The Morgan fingerprint density at radius 1 is 0.311 bits per heavy atom. The molecule has 3 nitrogen and oxygen atoms in total. The maximum Gasteiger partial charge on any atom is 0.0622 e. The van der Waals surface area contributed by atoms with Gasteiger partial charge in [0.25, 0.3) is 0 Å². The van der Waals surface area contributed by atoms with Gasteiger partial charge in [0.05, 0.1) is 44.3 Å². The predicted molar refractivity (Wildman–Crippen MR) is 190 cm³/mol. The van der Waals surface area contributed by atoms with Gasteiger partial charge in [0.1, 0.15) is 0 Å². The van der Waals surface area contributed by atoms with E-state index in [0.717, 1.165) is 0 Å². The first-order valence-electron chi connectivity index (χ1n) is 15.5. The quantitative estimate of drug-likeness (QED) is 0.196. The Hall–Kier alpha value is -6.06. The predicted octanol–water partition coefficient (Wildman–Crippen LogP) is 11.0. The van der Waals surface area contributed by atoms with Gasteiger partial charge in [0.2, 0.25) is 0 Å². The molecule has 0 aliphatic carbocycles. The molecule has 0 aliphatic heterocycles. The summed E-state index contributed by atoms with van der Waals surface area (Å²) in [6.07, 6.45) is 0. The van der Waals surface area contributed by atoms with E-state index in [4.69, 9.17) is 0 Å². The maximum absolute atomic E-state index is 2.48. The van der Waals surface area contributed by atoms with Crippen molar-refractivity contribution >= 4 is 81.7 Å². The molecule has 4 aromatic heterocycles. The van der Waals surface area contributed by atoms with Crippen LogP contribution in [0.3, 0.4) is 0 Å². The molecule has 11 aromatic rings. The fourth-order valence-corrected chi connectivity index (χ4v) is 8.21. The Bertz CT molecular complexity index is 2850. The lowest BCUT2D eigenvalue weighted by Gasteiger charge is -2.12. The molecule has 0 atom stereocenters. The van der Waals surface area contributed by atoms with Crippen LogP contribution >= 0.6 is 0 Å². The largest absolute Gasteiger partial charge is 0.309 e. The zero-order valence-corrected chi connectivity index (χ0v) is 24.3. The molecule has 0 fully saturated rings. The van der Waals surface area contributed by atoms with Gasteiger partial charge < -0.3 is 13.5 Å². The standard InChI is InChI=1S/C42H25N3/c1-6-17-34-27(12-1)28-13-2-7-18-35(28)44(34)40-23-11-22-39-41(40)31-16-5-10-21-38(31)43(39)26-24-32-29-14-3-8-19-36(29)45-37-20-9-4-15-30(37)33(25-26)42(32)45/h1-25H. The van der Waals surface area contributed by atoms with E-state index in [1.54, 1.807) is 0 Å². The molecule has 0 amide bonds. The highest BCUT2D eigenvalue weighted by Gasteiger charge is 2.22. The van der Waals surface area contributed by atoms with Crippen molar-refractivity contribution in [3.05, 3.63) is 152 Å². The van der Waals surface area contributed by atoms with Gasteiger partial charge in [-0.1, -0.05) is 97.1 Å². The van der Waals surface area contributed by atoms with Gasteiger partial charge in [0, 0.05) is 48.8 Å². The Kier molecular flexibility index (Phi) is 4.32. The zero-order valence-electron chi connectivity index (χ0n) is 24.3. The van der Waals surface area contributed by atoms with Crippen LogP contribution in [0.15, 0.2) is 152 Å². The molecule has 0 radical (unpaired) electrons. The van der Waals surface area contributed by atoms with Crippen molar-refractivity contribution in [2.24, 2.45) is 0 Å². The molecule has 0 unspecified atom stereocenters. The first kappa shape index (κ1) is 23.4. The molecule has 0 bridgehead atoms. The second kappa shape index (κ2) is 8.31. The highest BCUT2D eigenvalue weighted by molar-refractivity contribution is 6.24. The second-order valence-electron chi connectivity index (χ2n) is 12.2. The van der Waals surface area contributed by atoms with Crippen LogP contribution < -0.4 is 0 Å². The SMILES string of the molecule is c1ccc2c(c1)c1ccccc1n2-c1cccc2c1c1ccccc1n2-c1cc2c3ccccc3n3c4ccccc4c(c1)c23. The minimum atomic E-state index is 1.18. The fraction of sp³-hybridized carbons (Fsp3) is 0. The molecule has 45 heavy (non-hydrogen) atoms. The van der Waals surface area contributed by atoms with E-state index < -0.39 is 0 Å². The Balaban J connectivity index is 1.31. The van der Waals surface area contributed by atoms with Crippen LogP contribution in [-0.4, -0.2) is 13.5 Å². The van der Waals surface area contributed by atoms with E-state index in [0.29, 0.717) is 0 Å². The second-order valence-corrected chi connectivity index (χ2v) is 12.2. The van der Waals surface area contributed by atoms with Crippen molar-refractivity contribution in [1.29, 1.82) is 0 Å². The summed E-state index contributed by atoms with van der Waals surface area (Å²) in [6.45, 7) is 0. The lowest BCUT2D eigenvalue weighted by atomic mass is 10.1. The number of nitrogens with zero attached hydrogens (tertiary/aromatic N) is 3. The topological polar surface area (TPSA) is 14.3 Å². The minimum absolute atomic E-state index is 1.18. The van der Waals surface area contributed by atoms with E-state index >= 15 is 0 Å². The summed E-state index contributed by atoms with van der Waals surface area (Å²) in [6, 6.07) is 55.7. The van der Waals surface area contributed by atoms with Crippen LogP contribution in [0.25, 0.3) is 93.1 Å². The molecule has 0 aliphatic rings. The Morgan fingerprint density at radius 3 is 1.29 bits per heavy atom. The number of aromatic nitrogens is 3. The molecule has 0 saturated heterocycles. The number of para-hydroxylation sites is 5. The van der Waals surface area contributed by atoms with E-state index in [1.165, 1.54) is 93.1 Å². The summed E-state index contributed by atoms with van der Waals surface area (Å²) >= 11 is 0. The number of hydrogen-bond acceptors (Lipinski definition) is 0. The van der Waals surface area contributed by atoms with E-state index in [9.17, 15) is 0 Å². The van der Waals surface area contributed by atoms with Gasteiger partial charge in [0.15, 0.2) is 0 Å². The van der Waals surface area contributed by atoms with Crippen molar-refractivity contribution in [3.8, 4) is 11.4 Å². The average Bonchev–Trinajstić information content (AvgIpc) is 3.82. The summed E-state index contributed by atoms with van der Waals surface area (Å²) in [5, 5.41) is 10.2. The van der Waals surface area contributed by atoms with Crippen LogP contribution in [0, 0.1) is 0 Å². The summed E-state index contributed by atoms with van der Waals surface area (Å²) in [5.74, 6) is 0. The first-order chi connectivity index (χ1) is 22.4. The van der Waals surface area contributed by atoms with Crippen LogP contribution in [0.4, 0.5) is 0 Å². The van der Waals surface area contributed by atoms with Crippen molar-refractivity contribution in [2.75, 3.05) is 0 Å². The third-order valence-corrected chi connectivity index (χ3v) is 9.94. The molecule has 208 valence electrons. The molecule has 0 saturated carbocycles. The molecule has 0 spiro atoms. The third-order valence-electron chi connectivity index (χ3n) is 9.94. The highest BCUT2D eigenvalue weighted by Crippen LogP contribution is 2.43. The summed E-state index contributed by atoms with van der Waals surface area (Å²) < 4.78 is 7.38. The smallest absolute Gasteiger partial charge is 0.0622 e. The summed E-state index contributed by atoms with van der Waals surface area (Å²) in [7, 11) is 0. The van der Waals surface area contributed by atoms with Crippen LogP contribution in [-0.2, 0) is 0 Å². The van der Waals surface area contributed by atoms with Crippen LogP contribution in [0.2, 0.25) is 0 Å². The van der Waals surface area contributed by atoms with Gasteiger partial charge in [-0.25, -0.2) is 0 Å². The lowest BCUT2D eigenvalue weighted by Crippen LogP contribution is -1.96. The van der Waals surface area contributed by atoms with Gasteiger partial charge in [-0.05, 0) is 54.6 Å². The number of fused-ring (bicyclic) bond motifs is 12. The van der Waals surface area contributed by atoms with Gasteiger partial charge in [-0.3, -0.25) is 0 Å². The Morgan fingerprint density at radius 2 is 0.733 bits per heavy atom. The van der Waals surface area contributed by atoms with Crippen molar-refractivity contribution in [1.82, 2.24) is 13.5 Å². The molecule has 3 heteroatoms. The van der Waals surface area contributed by atoms with Crippen molar-refractivity contribution in [3.63, 3.8) is 0 Å². The van der Waals surface area contributed by atoms with Gasteiger partial charge in [-0.2, -0.15) is 0 Å². The molecule has 7 aromatic carbocycles. The number of benzene rings is 7. The Labute approximate surface area is 257 Å².